The maximum atomic E-state index is 13.3. The molecule has 1 aromatic rings. The molecule has 0 radical (unpaired) electrons. The zero-order valence-electron chi connectivity index (χ0n) is 27.6. The van der Waals surface area contributed by atoms with Gasteiger partial charge in [-0.05, 0) is 111 Å². The summed E-state index contributed by atoms with van der Waals surface area (Å²) in [5.41, 5.74) is 3.85. The fraction of sp³-hybridized carbons (Fsp3) is 0.667. The van der Waals surface area contributed by atoms with Crippen molar-refractivity contribution in [2.24, 2.45) is 34.5 Å². The van der Waals surface area contributed by atoms with E-state index in [1.54, 1.807) is 20.8 Å². The maximum Gasteiger partial charge on any atom is 0.408 e. The largest absolute Gasteiger partial charge is 0.461 e. The van der Waals surface area contributed by atoms with Crippen LogP contribution in [0.15, 0.2) is 42.3 Å². The van der Waals surface area contributed by atoms with Crippen molar-refractivity contribution in [3.63, 3.8) is 0 Å². The number of hydrogen-bond acceptors (Lipinski definition) is 6. The van der Waals surface area contributed by atoms with E-state index < -0.39 is 29.6 Å². The van der Waals surface area contributed by atoms with Gasteiger partial charge in [0.2, 0.25) is 5.91 Å². The molecule has 240 valence electrons. The number of carbonyl (C=O) groups is 3. The van der Waals surface area contributed by atoms with Crippen LogP contribution < -0.4 is 10.6 Å². The molecule has 8 nitrogen and oxygen atoms in total. The molecule has 0 spiro atoms. The third-order valence-electron chi connectivity index (χ3n) is 10.9. The van der Waals surface area contributed by atoms with E-state index in [4.69, 9.17) is 9.47 Å². The van der Waals surface area contributed by atoms with Gasteiger partial charge in [-0.1, -0.05) is 51.5 Å². The normalized spacial score (nSPS) is 31.8. The fourth-order valence-corrected chi connectivity index (χ4v) is 8.69. The van der Waals surface area contributed by atoms with E-state index in [0.717, 1.165) is 32.1 Å². The lowest BCUT2D eigenvalue weighted by Gasteiger charge is -2.58. The molecule has 44 heavy (non-hydrogen) atoms. The number of rotatable bonds is 7. The van der Waals surface area contributed by atoms with Gasteiger partial charge in [-0.3, -0.25) is 9.78 Å². The predicted molar refractivity (Wildman–Crippen MR) is 170 cm³/mol. The Morgan fingerprint density at radius 1 is 1.05 bits per heavy atom. The van der Waals surface area contributed by atoms with Crippen LogP contribution >= 0.6 is 0 Å². The van der Waals surface area contributed by atoms with Gasteiger partial charge in [0.25, 0.3) is 0 Å². The summed E-state index contributed by atoms with van der Waals surface area (Å²) in [5.74, 6) is 0.899. The number of hydrogen-bond donors (Lipinski definition) is 2. The third-order valence-corrected chi connectivity index (χ3v) is 10.9. The number of pyridine rings is 1. The molecular weight excluding hydrogens is 554 g/mol. The molecular formula is C36H51N3O5. The van der Waals surface area contributed by atoms with Crippen molar-refractivity contribution in [1.29, 1.82) is 0 Å². The van der Waals surface area contributed by atoms with Crippen molar-refractivity contribution >= 4 is 23.5 Å². The Kier molecular flexibility index (Phi) is 9.03. The molecule has 0 bridgehead atoms. The van der Waals surface area contributed by atoms with Crippen LogP contribution in [-0.4, -0.2) is 47.2 Å². The Bertz CT molecular complexity index is 1310. The van der Waals surface area contributed by atoms with E-state index in [-0.39, 0.29) is 29.4 Å². The Morgan fingerprint density at radius 2 is 1.80 bits per heavy atom. The molecule has 7 atom stereocenters. The molecule has 5 rings (SSSR count). The third kappa shape index (κ3) is 6.45. The van der Waals surface area contributed by atoms with Crippen LogP contribution in [-0.2, 0) is 19.1 Å². The number of alkyl carbamates (subject to hydrolysis) is 1. The number of nitrogens with zero attached hydrogens (tertiary/aromatic N) is 1. The van der Waals surface area contributed by atoms with Gasteiger partial charge in [-0.15, -0.1) is 0 Å². The number of fused-ring (bicyclic) bond motifs is 5. The first-order valence-corrected chi connectivity index (χ1v) is 16.5. The van der Waals surface area contributed by atoms with Crippen molar-refractivity contribution < 1.29 is 23.9 Å². The van der Waals surface area contributed by atoms with Crippen LogP contribution in [0.25, 0.3) is 5.57 Å². The van der Waals surface area contributed by atoms with Gasteiger partial charge in [0, 0.05) is 18.8 Å². The standard InChI is InChI=1S/C36H51N3O5/c1-22(2)31(39-30(40)21-38-33(42)44-34(3,4)5)32(41)43-25-14-16-35(6)24(19-25)10-11-26-28-13-12-27(23-9-8-18-37-20-23)36(28,7)17-15-29(26)35/h8-10,12,18,20,22,25-26,28-29,31H,11,13-17,19,21H2,1-7H3,(H,38,42)(H,39,40)/t25-,26-,28-,29-,31-,35-,36+/m0/s1. The molecule has 4 aliphatic rings. The first-order chi connectivity index (χ1) is 20.7. The molecule has 8 heteroatoms. The van der Waals surface area contributed by atoms with E-state index in [1.807, 2.05) is 32.3 Å². The Balaban J connectivity index is 1.19. The molecule has 1 aromatic heterocycles. The van der Waals surface area contributed by atoms with Gasteiger partial charge in [0.05, 0.1) is 0 Å². The lowest BCUT2D eigenvalue weighted by atomic mass is 9.47. The van der Waals surface area contributed by atoms with Crippen molar-refractivity contribution in [2.45, 2.75) is 111 Å². The van der Waals surface area contributed by atoms with Crippen LogP contribution in [0.4, 0.5) is 4.79 Å². The van der Waals surface area contributed by atoms with Crippen LogP contribution in [0, 0.1) is 34.5 Å². The van der Waals surface area contributed by atoms with Crippen LogP contribution in [0.1, 0.15) is 99.0 Å². The Labute approximate surface area is 262 Å². The van der Waals surface area contributed by atoms with Crippen LogP contribution in [0.3, 0.4) is 0 Å². The minimum absolute atomic E-state index is 0.128. The highest BCUT2D eigenvalue weighted by Crippen LogP contribution is 2.66. The summed E-state index contributed by atoms with van der Waals surface area (Å²) in [6.07, 6.45) is 15.2. The zero-order valence-corrected chi connectivity index (χ0v) is 27.6. The van der Waals surface area contributed by atoms with Gasteiger partial charge in [-0.25, -0.2) is 9.59 Å². The van der Waals surface area contributed by atoms with Crippen LogP contribution in [0.5, 0.6) is 0 Å². The number of carbonyl (C=O) groups excluding carboxylic acids is 3. The fourth-order valence-electron chi connectivity index (χ4n) is 8.69. The van der Waals surface area contributed by atoms with Gasteiger partial charge >= 0.3 is 12.1 Å². The number of esters is 1. The quantitative estimate of drug-likeness (QED) is 0.267. The first kappa shape index (κ1) is 32.2. The van der Waals surface area contributed by atoms with Crippen molar-refractivity contribution in [3.8, 4) is 0 Å². The van der Waals surface area contributed by atoms with Crippen molar-refractivity contribution in [1.82, 2.24) is 15.6 Å². The summed E-state index contributed by atoms with van der Waals surface area (Å²) < 4.78 is 11.3. The average molecular weight is 606 g/mol. The van der Waals surface area contributed by atoms with E-state index >= 15 is 0 Å². The monoisotopic (exact) mass is 605 g/mol. The predicted octanol–water partition coefficient (Wildman–Crippen LogP) is 6.62. The van der Waals surface area contributed by atoms with Crippen molar-refractivity contribution in [2.75, 3.05) is 6.54 Å². The molecule has 2 saturated carbocycles. The van der Waals surface area contributed by atoms with Gasteiger partial charge in [-0.2, -0.15) is 0 Å². The molecule has 0 saturated heterocycles. The summed E-state index contributed by atoms with van der Waals surface area (Å²) in [6, 6.07) is 3.46. The number of nitrogens with one attached hydrogen (secondary N) is 2. The van der Waals surface area contributed by atoms with E-state index in [2.05, 4.69) is 47.7 Å². The minimum Gasteiger partial charge on any atom is -0.461 e. The summed E-state index contributed by atoms with van der Waals surface area (Å²) >= 11 is 0. The average Bonchev–Trinajstić information content (AvgIpc) is 3.31. The van der Waals surface area contributed by atoms with Crippen LogP contribution in [0.2, 0.25) is 0 Å². The second-order valence-electron chi connectivity index (χ2n) is 15.3. The van der Waals surface area contributed by atoms with E-state index in [0.29, 0.717) is 17.8 Å². The minimum atomic E-state index is -0.791. The van der Waals surface area contributed by atoms with E-state index in [9.17, 15) is 14.4 Å². The Hall–Kier alpha value is -3.16. The lowest BCUT2D eigenvalue weighted by molar-refractivity contribution is -0.156. The molecule has 1 heterocycles. The highest BCUT2D eigenvalue weighted by Gasteiger charge is 2.57. The number of aromatic nitrogens is 1. The second-order valence-corrected chi connectivity index (χ2v) is 15.3. The van der Waals surface area contributed by atoms with Gasteiger partial charge in [0.1, 0.15) is 24.3 Å². The summed E-state index contributed by atoms with van der Waals surface area (Å²) in [5, 5.41) is 5.21. The summed E-state index contributed by atoms with van der Waals surface area (Å²) in [6.45, 7) is 13.7. The molecule has 4 aliphatic carbocycles. The van der Waals surface area contributed by atoms with Gasteiger partial charge < -0.3 is 20.1 Å². The summed E-state index contributed by atoms with van der Waals surface area (Å²) in [7, 11) is 0. The molecule has 2 amide bonds. The summed E-state index contributed by atoms with van der Waals surface area (Å²) in [4.78, 5) is 42.2. The highest BCUT2D eigenvalue weighted by molar-refractivity contribution is 5.87. The smallest absolute Gasteiger partial charge is 0.408 e. The number of allylic oxidation sites excluding steroid dienone is 3. The van der Waals surface area contributed by atoms with Gasteiger partial charge in [0.15, 0.2) is 0 Å². The highest BCUT2D eigenvalue weighted by atomic mass is 16.6. The second kappa shape index (κ2) is 12.3. The SMILES string of the molecule is CC(C)[C@H](NC(=O)CNC(=O)OC(C)(C)C)C(=O)O[C@H]1CC[C@@]2(C)C(=CC[C@@H]3[C@@H]2CC[C@]2(C)C(c4cccnc4)=CC[C@@H]32)C1. The van der Waals surface area contributed by atoms with E-state index in [1.165, 1.54) is 29.6 Å². The maximum absolute atomic E-state index is 13.3. The Morgan fingerprint density at radius 3 is 2.48 bits per heavy atom. The molecule has 0 aliphatic heterocycles. The zero-order chi connectivity index (χ0) is 31.9. The molecule has 2 fully saturated rings. The lowest BCUT2D eigenvalue weighted by Crippen LogP contribution is -2.51. The number of amides is 2. The molecule has 2 N–H and O–H groups in total. The topological polar surface area (TPSA) is 107 Å². The molecule has 0 unspecified atom stereocenters. The van der Waals surface area contributed by atoms with Crippen molar-refractivity contribution in [3.05, 3.63) is 47.8 Å². The first-order valence-electron chi connectivity index (χ1n) is 16.5. The molecule has 0 aromatic carbocycles. The number of ether oxygens (including phenoxy) is 2.